The van der Waals surface area contributed by atoms with Gasteiger partial charge in [-0.05, 0) is 30.3 Å². The molecule has 5 rings (SSSR count). The highest BCUT2D eigenvalue weighted by Gasteiger charge is 2.39. The number of pyridine rings is 1. The SMILES string of the molecule is COC(=O)C[C@@H]1c2cccnc2Oc2ccc3c(c21)O/C(=C\c1ccccc1OC)C3=O. The standard InChI is InChI=1S/C25H19NO6/c1-29-18-8-4-3-6-14(18)12-20-23(28)16-9-10-19-22(24(16)31-20)17(13-21(27)30-2)15-7-5-11-26-25(15)32-19/h3-12,17H,13H2,1-2H3/b20-12-/t17-/m1/s1. The zero-order valence-electron chi connectivity index (χ0n) is 17.5. The van der Waals surface area contributed by atoms with Crippen molar-refractivity contribution in [3.63, 3.8) is 0 Å². The van der Waals surface area contributed by atoms with E-state index in [4.69, 9.17) is 18.9 Å². The first-order chi connectivity index (χ1) is 15.6. The number of ether oxygens (including phenoxy) is 4. The Bertz CT molecular complexity index is 1280. The number of Topliss-reactive ketones (excluding diaryl/α,β-unsaturated/α-hetero) is 1. The number of fused-ring (bicyclic) bond motifs is 4. The monoisotopic (exact) mass is 429 g/mol. The molecule has 7 nitrogen and oxygen atoms in total. The minimum absolute atomic E-state index is 0.0606. The predicted molar refractivity (Wildman–Crippen MR) is 115 cm³/mol. The summed E-state index contributed by atoms with van der Waals surface area (Å²) in [4.78, 5) is 29.7. The van der Waals surface area contributed by atoms with Crippen LogP contribution in [0.15, 0.2) is 60.5 Å². The summed E-state index contributed by atoms with van der Waals surface area (Å²) in [6, 6.07) is 14.4. The van der Waals surface area contributed by atoms with Crippen molar-refractivity contribution >= 4 is 17.8 Å². The largest absolute Gasteiger partial charge is 0.496 e. The lowest BCUT2D eigenvalue weighted by molar-refractivity contribution is -0.140. The molecule has 1 aromatic heterocycles. The van der Waals surface area contributed by atoms with Crippen LogP contribution in [0.2, 0.25) is 0 Å². The average molecular weight is 429 g/mol. The van der Waals surface area contributed by atoms with E-state index in [2.05, 4.69) is 4.98 Å². The third-order valence-electron chi connectivity index (χ3n) is 5.59. The average Bonchev–Trinajstić information content (AvgIpc) is 3.14. The summed E-state index contributed by atoms with van der Waals surface area (Å²) in [5, 5.41) is 0. The van der Waals surface area contributed by atoms with Crippen molar-refractivity contribution in [2.45, 2.75) is 12.3 Å². The van der Waals surface area contributed by atoms with Gasteiger partial charge in [0.1, 0.15) is 17.2 Å². The van der Waals surface area contributed by atoms with Crippen molar-refractivity contribution in [1.82, 2.24) is 4.98 Å². The molecule has 0 unspecified atom stereocenters. The van der Waals surface area contributed by atoms with Gasteiger partial charge in [-0.25, -0.2) is 4.98 Å². The Morgan fingerprint density at radius 2 is 1.94 bits per heavy atom. The number of carbonyl (C=O) groups is 2. The minimum atomic E-state index is -0.428. The van der Waals surface area contributed by atoms with Crippen LogP contribution in [-0.4, -0.2) is 31.0 Å². The van der Waals surface area contributed by atoms with Crippen LogP contribution in [0, 0.1) is 0 Å². The first-order valence-electron chi connectivity index (χ1n) is 10.0. The molecule has 3 aromatic rings. The molecule has 0 radical (unpaired) electrons. The number of hydrogen-bond donors (Lipinski definition) is 0. The lowest BCUT2D eigenvalue weighted by atomic mass is 9.85. The Kier molecular flexibility index (Phi) is 4.86. The highest BCUT2D eigenvalue weighted by atomic mass is 16.5. The second-order valence-electron chi connectivity index (χ2n) is 7.37. The van der Waals surface area contributed by atoms with Gasteiger partial charge in [-0.2, -0.15) is 0 Å². The van der Waals surface area contributed by atoms with E-state index in [1.807, 2.05) is 30.3 Å². The summed E-state index contributed by atoms with van der Waals surface area (Å²) in [5.41, 5.74) is 2.50. The molecule has 0 saturated carbocycles. The van der Waals surface area contributed by atoms with Crippen molar-refractivity contribution in [3.05, 3.63) is 82.7 Å². The fourth-order valence-electron chi connectivity index (χ4n) is 4.08. The van der Waals surface area contributed by atoms with Gasteiger partial charge in [0.2, 0.25) is 11.7 Å². The number of rotatable bonds is 4. The molecule has 2 aromatic carbocycles. The lowest BCUT2D eigenvalue weighted by Crippen LogP contribution is -2.16. The molecule has 0 amide bonds. The van der Waals surface area contributed by atoms with Crippen LogP contribution >= 0.6 is 0 Å². The van der Waals surface area contributed by atoms with Gasteiger partial charge < -0.3 is 18.9 Å². The number of esters is 1. The van der Waals surface area contributed by atoms with Crippen LogP contribution in [0.4, 0.5) is 0 Å². The normalized spacial score (nSPS) is 17.0. The molecular weight excluding hydrogens is 410 g/mol. The molecule has 2 aliphatic heterocycles. The Hall–Kier alpha value is -4.13. The number of aromatic nitrogens is 1. The quantitative estimate of drug-likeness (QED) is 0.446. The van der Waals surface area contributed by atoms with Crippen LogP contribution in [0.25, 0.3) is 6.08 Å². The van der Waals surface area contributed by atoms with E-state index in [9.17, 15) is 9.59 Å². The molecule has 0 fully saturated rings. The highest BCUT2D eigenvalue weighted by Crippen LogP contribution is 2.52. The molecule has 2 aliphatic rings. The number of hydrogen-bond acceptors (Lipinski definition) is 7. The van der Waals surface area contributed by atoms with E-state index < -0.39 is 5.92 Å². The zero-order chi connectivity index (χ0) is 22.2. The Labute approximate surface area is 184 Å². The molecular formula is C25H19NO6. The number of benzene rings is 2. The van der Waals surface area contributed by atoms with Gasteiger partial charge in [-0.3, -0.25) is 9.59 Å². The molecule has 0 bridgehead atoms. The molecule has 32 heavy (non-hydrogen) atoms. The third-order valence-corrected chi connectivity index (χ3v) is 5.59. The third kappa shape index (κ3) is 3.19. The second-order valence-corrected chi connectivity index (χ2v) is 7.37. The van der Waals surface area contributed by atoms with Crippen LogP contribution in [-0.2, 0) is 9.53 Å². The molecule has 7 heteroatoms. The first-order valence-corrected chi connectivity index (χ1v) is 10.0. The summed E-state index contributed by atoms with van der Waals surface area (Å²) in [5.74, 6) is 1.04. The summed E-state index contributed by atoms with van der Waals surface area (Å²) in [7, 11) is 2.91. The predicted octanol–water partition coefficient (Wildman–Crippen LogP) is 4.51. The molecule has 0 saturated heterocycles. The number of allylic oxidation sites excluding steroid dienone is 1. The van der Waals surface area contributed by atoms with E-state index in [0.717, 1.165) is 11.1 Å². The van der Waals surface area contributed by atoms with Gasteiger partial charge in [0.25, 0.3) is 0 Å². The zero-order valence-corrected chi connectivity index (χ0v) is 17.5. The molecule has 1 atom stereocenters. The molecule has 160 valence electrons. The van der Waals surface area contributed by atoms with E-state index in [0.29, 0.717) is 34.3 Å². The van der Waals surface area contributed by atoms with Gasteiger partial charge in [0, 0.05) is 28.8 Å². The maximum Gasteiger partial charge on any atom is 0.306 e. The number of methoxy groups -OCH3 is 2. The van der Waals surface area contributed by atoms with Crippen LogP contribution in [0.3, 0.4) is 0 Å². The summed E-state index contributed by atoms with van der Waals surface area (Å²) >= 11 is 0. The molecule has 0 aliphatic carbocycles. The number of para-hydroxylation sites is 1. The van der Waals surface area contributed by atoms with Crippen molar-refractivity contribution in [1.29, 1.82) is 0 Å². The van der Waals surface area contributed by atoms with Gasteiger partial charge >= 0.3 is 5.97 Å². The number of nitrogens with zero attached hydrogens (tertiary/aromatic N) is 1. The molecule has 3 heterocycles. The molecule has 0 spiro atoms. The Morgan fingerprint density at radius 3 is 2.75 bits per heavy atom. The lowest BCUT2D eigenvalue weighted by Gasteiger charge is -2.27. The minimum Gasteiger partial charge on any atom is -0.496 e. The fraction of sp³-hybridized carbons (Fsp3) is 0.160. The van der Waals surface area contributed by atoms with E-state index in [-0.39, 0.29) is 23.9 Å². The van der Waals surface area contributed by atoms with Gasteiger partial charge in [-0.1, -0.05) is 24.3 Å². The number of ketones is 1. The highest BCUT2D eigenvalue weighted by molar-refractivity contribution is 6.15. The van der Waals surface area contributed by atoms with Crippen molar-refractivity contribution in [3.8, 4) is 23.1 Å². The van der Waals surface area contributed by atoms with Gasteiger partial charge in [0.15, 0.2) is 5.76 Å². The smallest absolute Gasteiger partial charge is 0.306 e. The van der Waals surface area contributed by atoms with Crippen molar-refractivity contribution < 1.29 is 28.5 Å². The van der Waals surface area contributed by atoms with E-state index in [1.54, 1.807) is 37.6 Å². The van der Waals surface area contributed by atoms with Gasteiger partial charge in [-0.15, -0.1) is 0 Å². The Morgan fingerprint density at radius 1 is 1.09 bits per heavy atom. The van der Waals surface area contributed by atoms with Crippen molar-refractivity contribution in [2.24, 2.45) is 0 Å². The second kappa shape index (κ2) is 7.85. The Balaban J connectivity index is 1.62. The van der Waals surface area contributed by atoms with E-state index >= 15 is 0 Å². The fourth-order valence-corrected chi connectivity index (χ4v) is 4.08. The maximum atomic E-state index is 13.1. The van der Waals surface area contributed by atoms with Crippen molar-refractivity contribution in [2.75, 3.05) is 14.2 Å². The summed E-state index contributed by atoms with van der Waals surface area (Å²) < 4.78 is 22.4. The summed E-state index contributed by atoms with van der Waals surface area (Å²) in [6.07, 6.45) is 3.34. The summed E-state index contributed by atoms with van der Waals surface area (Å²) in [6.45, 7) is 0. The van der Waals surface area contributed by atoms with E-state index in [1.165, 1.54) is 7.11 Å². The molecule has 0 N–H and O–H groups in total. The van der Waals surface area contributed by atoms with Crippen LogP contribution in [0.5, 0.6) is 23.1 Å². The number of carbonyl (C=O) groups excluding carboxylic acids is 2. The first kappa shape index (κ1) is 19.8. The maximum absolute atomic E-state index is 13.1. The van der Waals surface area contributed by atoms with Crippen LogP contribution in [0.1, 0.15) is 39.4 Å². The topological polar surface area (TPSA) is 84.0 Å². The van der Waals surface area contributed by atoms with Crippen LogP contribution < -0.4 is 14.2 Å². The van der Waals surface area contributed by atoms with Gasteiger partial charge in [0.05, 0.1) is 26.2 Å².